The molecule has 0 aliphatic heterocycles. The average molecular weight is 296 g/mol. The van der Waals surface area contributed by atoms with Gasteiger partial charge in [-0.05, 0) is 49.1 Å². The summed E-state index contributed by atoms with van der Waals surface area (Å²) in [6.07, 6.45) is 2.20. The molecule has 0 radical (unpaired) electrons. The van der Waals surface area contributed by atoms with Crippen molar-refractivity contribution in [3.63, 3.8) is 0 Å². The van der Waals surface area contributed by atoms with Gasteiger partial charge in [-0.2, -0.15) is 0 Å². The van der Waals surface area contributed by atoms with E-state index < -0.39 is 0 Å². The first-order chi connectivity index (χ1) is 10.6. The fourth-order valence-corrected chi connectivity index (χ4v) is 2.51. The Hall–Kier alpha value is -2.29. The van der Waals surface area contributed by atoms with Crippen LogP contribution in [0, 0.1) is 13.8 Å². The molecule has 1 amide bonds. The van der Waals surface area contributed by atoms with Crippen LogP contribution in [0.5, 0.6) is 0 Å². The molecule has 116 valence electrons. The van der Waals surface area contributed by atoms with E-state index in [1.165, 1.54) is 5.56 Å². The first-order valence-corrected chi connectivity index (χ1v) is 7.79. The summed E-state index contributed by atoms with van der Waals surface area (Å²) in [6, 6.07) is 14.2. The van der Waals surface area contributed by atoms with Crippen molar-refractivity contribution in [1.82, 2.24) is 0 Å². The van der Waals surface area contributed by atoms with Crippen LogP contribution in [0.25, 0.3) is 0 Å². The van der Waals surface area contributed by atoms with Crippen molar-refractivity contribution in [2.75, 3.05) is 17.2 Å². The number of rotatable bonds is 6. The van der Waals surface area contributed by atoms with Crippen LogP contribution < -0.4 is 10.6 Å². The summed E-state index contributed by atoms with van der Waals surface area (Å²) in [7, 11) is 0. The number of hydrogen-bond acceptors (Lipinski definition) is 2. The zero-order valence-electron chi connectivity index (χ0n) is 13.6. The van der Waals surface area contributed by atoms with Gasteiger partial charge in [-0.25, -0.2) is 0 Å². The number of anilines is 2. The molecule has 0 spiro atoms. The Labute approximate surface area is 132 Å². The van der Waals surface area contributed by atoms with Gasteiger partial charge in [-0.15, -0.1) is 0 Å². The highest BCUT2D eigenvalue weighted by Gasteiger charge is 2.05. The average Bonchev–Trinajstić information content (AvgIpc) is 2.49. The zero-order valence-corrected chi connectivity index (χ0v) is 13.6. The van der Waals surface area contributed by atoms with Crippen molar-refractivity contribution >= 4 is 17.3 Å². The Morgan fingerprint density at radius 2 is 1.64 bits per heavy atom. The lowest BCUT2D eigenvalue weighted by Crippen LogP contribution is -2.22. The van der Waals surface area contributed by atoms with Crippen LogP contribution in [0.4, 0.5) is 11.4 Å². The molecule has 0 saturated carbocycles. The lowest BCUT2D eigenvalue weighted by molar-refractivity contribution is -0.114. The van der Waals surface area contributed by atoms with Gasteiger partial charge in [0.2, 0.25) is 5.91 Å². The zero-order chi connectivity index (χ0) is 15.9. The normalized spacial score (nSPS) is 10.3. The molecule has 0 atom stereocenters. The second kappa shape index (κ2) is 7.64. The number of hydrogen-bond donors (Lipinski definition) is 2. The van der Waals surface area contributed by atoms with E-state index in [0.717, 1.165) is 35.3 Å². The molecule has 3 heteroatoms. The number of carbonyl (C=O) groups is 1. The van der Waals surface area contributed by atoms with Crippen molar-refractivity contribution in [3.05, 3.63) is 59.2 Å². The molecule has 0 bridgehead atoms. The third-order valence-corrected chi connectivity index (χ3v) is 3.68. The highest BCUT2D eigenvalue weighted by molar-refractivity contribution is 5.93. The van der Waals surface area contributed by atoms with Gasteiger partial charge in [0.25, 0.3) is 0 Å². The Morgan fingerprint density at radius 1 is 1.00 bits per heavy atom. The van der Waals surface area contributed by atoms with Crippen LogP contribution in [0.1, 0.15) is 30.0 Å². The lowest BCUT2D eigenvalue weighted by atomic mass is 10.1. The maximum atomic E-state index is 12.0. The number of amides is 1. The molecule has 0 aliphatic rings. The van der Waals surface area contributed by atoms with E-state index >= 15 is 0 Å². The van der Waals surface area contributed by atoms with Gasteiger partial charge >= 0.3 is 0 Å². The topological polar surface area (TPSA) is 41.1 Å². The smallest absolute Gasteiger partial charge is 0.243 e. The fraction of sp³-hybridized carbons (Fsp3) is 0.316. The third-order valence-electron chi connectivity index (χ3n) is 3.68. The maximum Gasteiger partial charge on any atom is 0.243 e. The van der Waals surface area contributed by atoms with Crippen molar-refractivity contribution in [2.45, 2.75) is 33.6 Å². The summed E-state index contributed by atoms with van der Waals surface area (Å²) in [5.41, 5.74) is 5.48. The molecule has 0 aliphatic carbocycles. The van der Waals surface area contributed by atoms with E-state index in [-0.39, 0.29) is 12.5 Å². The van der Waals surface area contributed by atoms with E-state index in [9.17, 15) is 4.79 Å². The number of nitrogens with one attached hydrogen (secondary N) is 2. The predicted octanol–water partition coefficient (Wildman–Crippen LogP) is 4.31. The molecule has 2 rings (SSSR count). The summed E-state index contributed by atoms with van der Waals surface area (Å²) < 4.78 is 0. The number of aryl methyl sites for hydroxylation is 3. The molecular formula is C19H24N2O. The largest absolute Gasteiger partial charge is 0.376 e. The predicted molar refractivity (Wildman–Crippen MR) is 93.5 cm³/mol. The Bertz CT molecular complexity index is 612. The van der Waals surface area contributed by atoms with Crippen LogP contribution in [0.3, 0.4) is 0 Å². The summed E-state index contributed by atoms with van der Waals surface area (Å²) >= 11 is 0. The first-order valence-electron chi connectivity index (χ1n) is 7.79. The van der Waals surface area contributed by atoms with Gasteiger partial charge in [-0.3, -0.25) is 4.79 Å². The van der Waals surface area contributed by atoms with Crippen LogP contribution in [0.2, 0.25) is 0 Å². The van der Waals surface area contributed by atoms with E-state index in [1.807, 2.05) is 44.2 Å². The number of carbonyl (C=O) groups excluding carboxylic acids is 1. The minimum Gasteiger partial charge on any atom is -0.376 e. The Balaban J connectivity index is 1.90. The quantitative estimate of drug-likeness (QED) is 0.834. The minimum atomic E-state index is -0.0362. The van der Waals surface area contributed by atoms with Crippen molar-refractivity contribution < 1.29 is 4.79 Å². The van der Waals surface area contributed by atoms with E-state index in [0.29, 0.717) is 0 Å². The monoisotopic (exact) mass is 296 g/mol. The molecule has 0 saturated heterocycles. The van der Waals surface area contributed by atoms with Gasteiger partial charge in [0.15, 0.2) is 0 Å². The van der Waals surface area contributed by atoms with Gasteiger partial charge in [0, 0.05) is 11.4 Å². The van der Waals surface area contributed by atoms with Crippen LogP contribution in [-0.2, 0) is 11.2 Å². The van der Waals surface area contributed by atoms with E-state index in [2.05, 4.69) is 29.7 Å². The van der Waals surface area contributed by atoms with Gasteiger partial charge in [-0.1, -0.05) is 43.7 Å². The summed E-state index contributed by atoms with van der Waals surface area (Å²) in [4.78, 5) is 12.0. The molecule has 3 nitrogen and oxygen atoms in total. The third kappa shape index (κ3) is 4.35. The maximum absolute atomic E-state index is 12.0. The van der Waals surface area contributed by atoms with Gasteiger partial charge < -0.3 is 10.6 Å². The molecule has 2 aromatic rings. The van der Waals surface area contributed by atoms with Gasteiger partial charge in [0.1, 0.15) is 0 Å². The highest BCUT2D eigenvalue weighted by Crippen LogP contribution is 2.19. The molecule has 2 N–H and O–H groups in total. The minimum absolute atomic E-state index is 0.0362. The van der Waals surface area contributed by atoms with Crippen LogP contribution in [-0.4, -0.2) is 12.5 Å². The van der Waals surface area contributed by atoms with Crippen molar-refractivity contribution in [1.29, 1.82) is 0 Å². The molecule has 0 aromatic heterocycles. The summed E-state index contributed by atoms with van der Waals surface area (Å²) in [6.45, 7) is 6.51. The molecule has 0 heterocycles. The molecule has 22 heavy (non-hydrogen) atoms. The molecule has 0 fully saturated rings. The highest BCUT2D eigenvalue weighted by atomic mass is 16.1. The summed E-state index contributed by atoms with van der Waals surface area (Å²) in [5.74, 6) is -0.0362. The standard InChI is InChI=1S/C19H24N2O/c1-4-6-16-9-11-17(12-10-16)21-18(22)13-20-19-14(2)7-5-8-15(19)3/h5,7-12,20H,4,6,13H2,1-3H3,(H,21,22). The SMILES string of the molecule is CCCc1ccc(NC(=O)CNc2c(C)cccc2C)cc1. The Kier molecular flexibility index (Phi) is 5.59. The Morgan fingerprint density at radius 3 is 2.23 bits per heavy atom. The fourth-order valence-electron chi connectivity index (χ4n) is 2.51. The molecule has 2 aromatic carbocycles. The number of benzene rings is 2. The molecular weight excluding hydrogens is 272 g/mol. The van der Waals surface area contributed by atoms with Crippen LogP contribution >= 0.6 is 0 Å². The first kappa shape index (κ1) is 16.1. The van der Waals surface area contributed by atoms with Gasteiger partial charge in [0.05, 0.1) is 6.54 Å². The van der Waals surface area contributed by atoms with E-state index in [4.69, 9.17) is 0 Å². The number of para-hydroxylation sites is 1. The molecule has 0 unspecified atom stereocenters. The van der Waals surface area contributed by atoms with E-state index in [1.54, 1.807) is 0 Å². The second-order valence-electron chi connectivity index (χ2n) is 5.62. The lowest BCUT2D eigenvalue weighted by Gasteiger charge is -2.12. The van der Waals surface area contributed by atoms with Crippen molar-refractivity contribution in [2.24, 2.45) is 0 Å². The second-order valence-corrected chi connectivity index (χ2v) is 5.62. The van der Waals surface area contributed by atoms with Crippen molar-refractivity contribution in [3.8, 4) is 0 Å². The van der Waals surface area contributed by atoms with Crippen LogP contribution in [0.15, 0.2) is 42.5 Å². The summed E-state index contributed by atoms with van der Waals surface area (Å²) in [5, 5.41) is 6.14.